The number of hydrogen-bond donors (Lipinski definition) is 2. The third-order valence-corrected chi connectivity index (χ3v) is 3.42. The fourth-order valence-corrected chi connectivity index (χ4v) is 1.53. The summed E-state index contributed by atoms with van der Waals surface area (Å²) in [6.07, 6.45) is 6.03. The minimum atomic E-state index is -0.173. The van der Waals surface area contributed by atoms with Gasteiger partial charge < -0.3 is 10.6 Å². The van der Waals surface area contributed by atoms with E-state index in [2.05, 4.69) is 33.8 Å². The molecular formula is C11H18N4OS. The number of aromatic nitrogens is 2. The Morgan fingerprint density at radius 1 is 1.47 bits per heavy atom. The number of thioether (sulfide) groups is 1. The SMILES string of the molecule is CNc1cnc(C(=O)NCCC(C)SC)cn1. The van der Waals surface area contributed by atoms with Crippen LogP contribution in [0.3, 0.4) is 0 Å². The van der Waals surface area contributed by atoms with Gasteiger partial charge >= 0.3 is 0 Å². The molecule has 1 unspecified atom stereocenters. The van der Waals surface area contributed by atoms with Gasteiger partial charge in [0.05, 0.1) is 12.4 Å². The third-order valence-electron chi connectivity index (χ3n) is 2.38. The van der Waals surface area contributed by atoms with Crippen LogP contribution in [0.2, 0.25) is 0 Å². The highest BCUT2D eigenvalue weighted by Crippen LogP contribution is 2.08. The minimum absolute atomic E-state index is 0.173. The number of carbonyl (C=O) groups excluding carboxylic acids is 1. The molecule has 1 heterocycles. The first-order valence-electron chi connectivity index (χ1n) is 5.48. The van der Waals surface area contributed by atoms with Crippen LogP contribution in [-0.4, -0.2) is 41.0 Å². The zero-order valence-electron chi connectivity index (χ0n) is 10.4. The lowest BCUT2D eigenvalue weighted by molar-refractivity contribution is 0.0948. The Kier molecular flexibility index (Phi) is 5.76. The number of nitrogens with one attached hydrogen (secondary N) is 2. The van der Waals surface area contributed by atoms with Gasteiger partial charge in [-0.05, 0) is 12.7 Å². The molecule has 0 aliphatic carbocycles. The van der Waals surface area contributed by atoms with Crippen LogP contribution in [0.5, 0.6) is 0 Å². The summed E-state index contributed by atoms with van der Waals surface area (Å²) < 4.78 is 0. The van der Waals surface area contributed by atoms with Crippen molar-refractivity contribution in [1.82, 2.24) is 15.3 Å². The Morgan fingerprint density at radius 2 is 2.24 bits per heavy atom. The highest BCUT2D eigenvalue weighted by Gasteiger charge is 2.07. The smallest absolute Gasteiger partial charge is 0.271 e. The second kappa shape index (κ2) is 7.11. The molecule has 0 bridgehead atoms. The molecule has 94 valence electrons. The number of rotatable bonds is 6. The van der Waals surface area contributed by atoms with Crippen molar-refractivity contribution in [3.8, 4) is 0 Å². The average Bonchev–Trinajstić information content (AvgIpc) is 2.38. The van der Waals surface area contributed by atoms with Crippen molar-refractivity contribution in [2.75, 3.05) is 25.2 Å². The maximum atomic E-state index is 11.7. The van der Waals surface area contributed by atoms with Gasteiger partial charge in [-0.1, -0.05) is 6.92 Å². The number of carbonyl (C=O) groups is 1. The topological polar surface area (TPSA) is 66.9 Å². The van der Waals surface area contributed by atoms with Crippen molar-refractivity contribution in [2.45, 2.75) is 18.6 Å². The second-order valence-corrected chi connectivity index (χ2v) is 4.90. The average molecular weight is 254 g/mol. The van der Waals surface area contributed by atoms with Crippen LogP contribution in [-0.2, 0) is 0 Å². The number of nitrogens with zero attached hydrogens (tertiary/aromatic N) is 2. The molecule has 2 N–H and O–H groups in total. The molecular weight excluding hydrogens is 236 g/mol. The lowest BCUT2D eigenvalue weighted by atomic mass is 10.3. The van der Waals surface area contributed by atoms with Gasteiger partial charge in [0.25, 0.3) is 5.91 Å². The summed E-state index contributed by atoms with van der Waals surface area (Å²) in [6, 6.07) is 0. The van der Waals surface area contributed by atoms with Gasteiger partial charge in [-0.2, -0.15) is 11.8 Å². The van der Waals surface area contributed by atoms with Gasteiger partial charge in [0.15, 0.2) is 0 Å². The molecule has 0 aliphatic rings. The van der Waals surface area contributed by atoms with E-state index in [0.717, 1.165) is 6.42 Å². The molecule has 17 heavy (non-hydrogen) atoms. The lowest BCUT2D eigenvalue weighted by Gasteiger charge is -2.08. The molecule has 0 saturated carbocycles. The molecule has 0 spiro atoms. The Hall–Kier alpha value is -1.30. The van der Waals surface area contributed by atoms with E-state index in [-0.39, 0.29) is 5.91 Å². The van der Waals surface area contributed by atoms with E-state index >= 15 is 0 Å². The molecule has 1 rings (SSSR count). The van der Waals surface area contributed by atoms with E-state index in [9.17, 15) is 4.79 Å². The summed E-state index contributed by atoms with van der Waals surface area (Å²) in [4.78, 5) is 19.7. The monoisotopic (exact) mass is 254 g/mol. The maximum absolute atomic E-state index is 11.7. The molecule has 0 aromatic carbocycles. The van der Waals surface area contributed by atoms with Crippen molar-refractivity contribution in [1.29, 1.82) is 0 Å². The molecule has 0 saturated heterocycles. The predicted molar refractivity (Wildman–Crippen MR) is 71.5 cm³/mol. The highest BCUT2D eigenvalue weighted by atomic mass is 32.2. The number of anilines is 1. The lowest BCUT2D eigenvalue weighted by Crippen LogP contribution is -2.27. The van der Waals surface area contributed by atoms with Crippen molar-refractivity contribution < 1.29 is 4.79 Å². The standard InChI is InChI=1S/C11H18N4OS/c1-8(17-3)4-5-13-11(16)9-6-15-10(12-2)7-14-9/h6-8H,4-5H2,1-3H3,(H,12,15)(H,13,16). The van der Waals surface area contributed by atoms with Crippen molar-refractivity contribution in [2.24, 2.45) is 0 Å². The van der Waals surface area contributed by atoms with Crippen LogP contribution in [0.1, 0.15) is 23.8 Å². The first-order chi connectivity index (χ1) is 8.17. The molecule has 6 heteroatoms. The minimum Gasteiger partial charge on any atom is -0.372 e. The quantitative estimate of drug-likeness (QED) is 0.803. The van der Waals surface area contributed by atoms with Crippen molar-refractivity contribution in [3.63, 3.8) is 0 Å². The third kappa shape index (κ3) is 4.60. The summed E-state index contributed by atoms with van der Waals surface area (Å²) in [7, 11) is 1.76. The van der Waals surface area contributed by atoms with Gasteiger partial charge in [0.2, 0.25) is 0 Å². The van der Waals surface area contributed by atoms with Crippen LogP contribution in [0, 0.1) is 0 Å². The Labute approximate surface area is 106 Å². The van der Waals surface area contributed by atoms with Crippen LogP contribution in [0.15, 0.2) is 12.4 Å². The highest BCUT2D eigenvalue weighted by molar-refractivity contribution is 7.99. The summed E-state index contributed by atoms with van der Waals surface area (Å²) in [5, 5.41) is 6.23. The zero-order chi connectivity index (χ0) is 12.7. The van der Waals surface area contributed by atoms with E-state index < -0.39 is 0 Å². The second-order valence-electron chi connectivity index (χ2n) is 3.63. The fraction of sp³-hybridized carbons (Fsp3) is 0.545. The predicted octanol–water partition coefficient (Wildman–Crippen LogP) is 1.39. The van der Waals surface area contributed by atoms with E-state index in [1.807, 2.05) is 0 Å². The largest absolute Gasteiger partial charge is 0.372 e. The summed E-state index contributed by atoms with van der Waals surface area (Å²) in [5.41, 5.74) is 0.348. The first kappa shape index (κ1) is 13.8. The number of amides is 1. The maximum Gasteiger partial charge on any atom is 0.271 e. The van der Waals surface area contributed by atoms with E-state index in [4.69, 9.17) is 0 Å². The van der Waals surface area contributed by atoms with E-state index in [0.29, 0.717) is 23.3 Å². The normalized spacial score (nSPS) is 11.9. The molecule has 5 nitrogen and oxygen atoms in total. The zero-order valence-corrected chi connectivity index (χ0v) is 11.2. The van der Waals surface area contributed by atoms with Gasteiger partial charge in [-0.15, -0.1) is 0 Å². The van der Waals surface area contributed by atoms with Gasteiger partial charge in [-0.3, -0.25) is 4.79 Å². The van der Waals surface area contributed by atoms with Gasteiger partial charge in [0, 0.05) is 18.8 Å². The summed E-state index contributed by atoms with van der Waals surface area (Å²) in [6.45, 7) is 2.80. The van der Waals surface area contributed by atoms with Gasteiger partial charge in [-0.25, -0.2) is 9.97 Å². The molecule has 1 atom stereocenters. The fourth-order valence-electron chi connectivity index (χ4n) is 1.17. The first-order valence-corrected chi connectivity index (χ1v) is 6.77. The summed E-state index contributed by atoms with van der Waals surface area (Å²) >= 11 is 1.79. The van der Waals surface area contributed by atoms with Crippen molar-refractivity contribution >= 4 is 23.5 Å². The van der Waals surface area contributed by atoms with E-state index in [1.165, 1.54) is 6.20 Å². The molecule has 0 radical (unpaired) electrons. The Balaban J connectivity index is 2.41. The van der Waals surface area contributed by atoms with E-state index in [1.54, 1.807) is 25.0 Å². The molecule has 1 aromatic heterocycles. The molecule has 0 fully saturated rings. The number of hydrogen-bond acceptors (Lipinski definition) is 5. The van der Waals surface area contributed by atoms with Gasteiger partial charge in [0.1, 0.15) is 11.5 Å². The molecule has 1 aromatic rings. The summed E-state index contributed by atoms with van der Waals surface area (Å²) in [5.74, 6) is 0.478. The molecule has 0 aliphatic heterocycles. The Morgan fingerprint density at radius 3 is 2.76 bits per heavy atom. The Bertz CT molecular complexity index is 355. The van der Waals surface area contributed by atoms with Crippen molar-refractivity contribution in [3.05, 3.63) is 18.1 Å². The van der Waals surface area contributed by atoms with Crippen LogP contribution in [0.4, 0.5) is 5.82 Å². The van der Waals surface area contributed by atoms with Crippen LogP contribution < -0.4 is 10.6 Å². The molecule has 1 amide bonds. The van der Waals surface area contributed by atoms with Crippen LogP contribution in [0.25, 0.3) is 0 Å². The van der Waals surface area contributed by atoms with Crippen LogP contribution >= 0.6 is 11.8 Å².